The molecular weight excluding hydrogens is 332 g/mol. The van der Waals surface area contributed by atoms with Gasteiger partial charge in [-0.05, 0) is 44.2 Å². The molecule has 1 heterocycles. The van der Waals surface area contributed by atoms with E-state index < -0.39 is 0 Å². The molecule has 134 valence electrons. The highest BCUT2D eigenvalue weighted by Gasteiger charge is 2.10. The standard InChI is InChI=1S/C19H20N4O3/c1-4-23-18(25)14-7-5-6-8-16(14)20-19(23)22-21-12(2)15-11-13(26-3)9-10-17(15)24/h5-11,24H,4H2,1-3H3,(H,20,22)/b21-12+. The molecule has 0 bridgehead atoms. The first-order chi connectivity index (χ1) is 12.5. The van der Waals surface area contributed by atoms with Crippen LogP contribution in [0.25, 0.3) is 10.9 Å². The van der Waals surface area contributed by atoms with Gasteiger partial charge in [-0.3, -0.25) is 9.36 Å². The number of fused-ring (bicyclic) bond motifs is 1. The Morgan fingerprint density at radius 3 is 2.81 bits per heavy atom. The molecule has 0 unspecified atom stereocenters. The van der Waals surface area contributed by atoms with Crippen LogP contribution in [0, 0.1) is 0 Å². The third-order valence-electron chi connectivity index (χ3n) is 4.09. The van der Waals surface area contributed by atoms with Crippen molar-refractivity contribution in [1.82, 2.24) is 9.55 Å². The second-order valence-corrected chi connectivity index (χ2v) is 5.69. The van der Waals surface area contributed by atoms with Crippen molar-refractivity contribution in [2.45, 2.75) is 20.4 Å². The number of anilines is 1. The third kappa shape index (κ3) is 3.23. The zero-order valence-electron chi connectivity index (χ0n) is 14.9. The number of nitrogens with one attached hydrogen (secondary N) is 1. The summed E-state index contributed by atoms with van der Waals surface area (Å²) in [5.74, 6) is 1.05. The molecule has 0 spiro atoms. The van der Waals surface area contributed by atoms with E-state index in [0.29, 0.717) is 40.4 Å². The van der Waals surface area contributed by atoms with Crippen LogP contribution in [0.4, 0.5) is 5.95 Å². The first-order valence-electron chi connectivity index (χ1n) is 8.22. The van der Waals surface area contributed by atoms with Crippen LogP contribution in [-0.2, 0) is 6.54 Å². The minimum Gasteiger partial charge on any atom is -0.507 e. The van der Waals surface area contributed by atoms with Gasteiger partial charge in [0.2, 0.25) is 5.95 Å². The van der Waals surface area contributed by atoms with E-state index in [1.807, 2.05) is 19.1 Å². The molecule has 0 amide bonds. The number of nitrogens with zero attached hydrogens (tertiary/aromatic N) is 3. The molecule has 0 aliphatic rings. The Hall–Kier alpha value is -3.35. The number of methoxy groups -OCH3 is 1. The van der Waals surface area contributed by atoms with Crippen LogP contribution in [0.1, 0.15) is 19.4 Å². The number of phenols is 1. The van der Waals surface area contributed by atoms with Crippen LogP contribution in [-0.4, -0.2) is 27.5 Å². The summed E-state index contributed by atoms with van der Waals surface area (Å²) in [4.78, 5) is 17.1. The minimum absolute atomic E-state index is 0.0909. The van der Waals surface area contributed by atoms with Gasteiger partial charge >= 0.3 is 0 Å². The molecule has 7 nitrogen and oxygen atoms in total. The lowest BCUT2D eigenvalue weighted by atomic mass is 10.1. The van der Waals surface area contributed by atoms with Gasteiger partial charge in [0.05, 0.1) is 23.7 Å². The van der Waals surface area contributed by atoms with Crippen molar-refractivity contribution in [3.05, 3.63) is 58.4 Å². The molecule has 0 saturated carbocycles. The quantitative estimate of drug-likeness (QED) is 0.544. The average Bonchev–Trinajstić information content (AvgIpc) is 2.66. The maximum Gasteiger partial charge on any atom is 0.262 e. The average molecular weight is 352 g/mol. The highest BCUT2D eigenvalue weighted by Crippen LogP contribution is 2.23. The number of ether oxygens (including phenoxy) is 1. The first kappa shape index (κ1) is 17.5. The molecule has 26 heavy (non-hydrogen) atoms. The van der Waals surface area contributed by atoms with Gasteiger partial charge in [0.15, 0.2) is 0 Å². The topological polar surface area (TPSA) is 88.7 Å². The highest BCUT2D eigenvalue weighted by molar-refractivity contribution is 6.01. The Morgan fingerprint density at radius 1 is 1.31 bits per heavy atom. The SMILES string of the molecule is CCn1c(N/N=C(\C)c2cc(OC)ccc2O)nc2ccccc2c1=O. The van der Waals surface area contributed by atoms with Crippen LogP contribution in [0.5, 0.6) is 11.5 Å². The van der Waals surface area contributed by atoms with Gasteiger partial charge in [0.1, 0.15) is 11.5 Å². The normalized spacial score (nSPS) is 11.6. The first-order valence-corrected chi connectivity index (χ1v) is 8.22. The summed E-state index contributed by atoms with van der Waals surface area (Å²) in [7, 11) is 1.56. The molecule has 1 aromatic heterocycles. The summed E-state index contributed by atoms with van der Waals surface area (Å²) >= 11 is 0. The largest absolute Gasteiger partial charge is 0.507 e. The maximum absolute atomic E-state index is 12.6. The number of hydrogen-bond donors (Lipinski definition) is 2. The molecule has 0 aliphatic heterocycles. The zero-order valence-corrected chi connectivity index (χ0v) is 14.9. The fraction of sp³-hybridized carbons (Fsp3) is 0.211. The van der Waals surface area contributed by atoms with Gasteiger partial charge in [-0.1, -0.05) is 12.1 Å². The van der Waals surface area contributed by atoms with Crippen molar-refractivity contribution in [3.63, 3.8) is 0 Å². The fourth-order valence-corrected chi connectivity index (χ4v) is 2.67. The minimum atomic E-state index is -0.127. The number of hydrazone groups is 1. The summed E-state index contributed by atoms with van der Waals surface area (Å²) < 4.78 is 6.70. The number of aromatic nitrogens is 2. The van der Waals surface area contributed by atoms with Crippen molar-refractivity contribution < 1.29 is 9.84 Å². The van der Waals surface area contributed by atoms with E-state index in [-0.39, 0.29) is 11.3 Å². The lowest BCUT2D eigenvalue weighted by Gasteiger charge is -2.12. The molecule has 0 atom stereocenters. The van der Waals surface area contributed by atoms with Crippen LogP contribution >= 0.6 is 0 Å². The molecule has 3 rings (SSSR count). The van der Waals surface area contributed by atoms with Gasteiger partial charge in [-0.25, -0.2) is 10.4 Å². The van der Waals surface area contributed by atoms with E-state index in [1.54, 1.807) is 44.4 Å². The van der Waals surface area contributed by atoms with E-state index in [9.17, 15) is 9.90 Å². The highest BCUT2D eigenvalue weighted by atomic mass is 16.5. The van der Waals surface area contributed by atoms with Gasteiger partial charge < -0.3 is 9.84 Å². The monoisotopic (exact) mass is 352 g/mol. The number of aromatic hydroxyl groups is 1. The maximum atomic E-state index is 12.6. The van der Waals surface area contributed by atoms with E-state index in [1.165, 1.54) is 4.57 Å². The van der Waals surface area contributed by atoms with Gasteiger partial charge in [0, 0.05) is 12.1 Å². The Labute approximate surface area is 150 Å². The summed E-state index contributed by atoms with van der Waals surface area (Å²) in [5, 5.41) is 14.9. The lowest BCUT2D eigenvalue weighted by Crippen LogP contribution is -2.23. The molecule has 0 radical (unpaired) electrons. The van der Waals surface area contributed by atoms with Crippen molar-refractivity contribution in [2.75, 3.05) is 12.5 Å². The van der Waals surface area contributed by atoms with Gasteiger partial charge in [-0.15, -0.1) is 0 Å². The smallest absolute Gasteiger partial charge is 0.262 e. The van der Waals surface area contributed by atoms with Crippen LogP contribution < -0.4 is 15.7 Å². The fourth-order valence-electron chi connectivity index (χ4n) is 2.67. The van der Waals surface area contributed by atoms with E-state index >= 15 is 0 Å². The third-order valence-corrected chi connectivity index (χ3v) is 4.09. The Bertz CT molecular complexity index is 1040. The number of hydrogen-bond acceptors (Lipinski definition) is 6. The molecular formula is C19H20N4O3. The lowest BCUT2D eigenvalue weighted by molar-refractivity contribution is 0.412. The van der Waals surface area contributed by atoms with Crippen molar-refractivity contribution in [3.8, 4) is 11.5 Å². The summed E-state index contributed by atoms with van der Waals surface area (Å²) in [6, 6.07) is 12.1. The molecule has 3 aromatic rings. The van der Waals surface area contributed by atoms with Crippen molar-refractivity contribution in [2.24, 2.45) is 5.10 Å². The molecule has 0 aliphatic carbocycles. The second-order valence-electron chi connectivity index (χ2n) is 5.69. The second kappa shape index (κ2) is 7.26. The summed E-state index contributed by atoms with van der Waals surface area (Å²) in [6.45, 7) is 4.07. The number of phenolic OH excluding ortho intramolecular Hbond substituents is 1. The Balaban J connectivity index is 2.01. The number of para-hydroxylation sites is 1. The predicted molar refractivity (Wildman–Crippen MR) is 102 cm³/mol. The molecule has 2 aromatic carbocycles. The molecule has 7 heteroatoms. The predicted octanol–water partition coefficient (Wildman–Crippen LogP) is 2.97. The Kier molecular flexibility index (Phi) is 4.88. The van der Waals surface area contributed by atoms with Gasteiger partial charge in [0.25, 0.3) is 5.56 Å². The van der Waals surface area contributed by atoms with Crippen molar-refractivity contribution >= 4 is 22.6 Å². The summed E-state index contributed by atoms with van der Waals surface area (Å²) in [6.07, 6.45) is 0. The molecule has 0 saturated heterocycles. The number of rotatable bonds is 5. The van der Waals surface area contributed by atoms with Crippen LogP contribution in [0.3, 0.4) is 0 Å². The zero-order chi connectivity index (χ0) is 18.7. The van der Waals surface area contributed by atoms with Crippen LogP contribution in [0.2, 0.25) is 0 Å². The van der Waals surface area contributed by atoms with E-state index in [2.05, 4.69) is 15.5 Å². The number of benzene rings is 2. The van der Waals surface area contributed by atoms with Crippen molar-refractivity contribution in [1.29, 1.82) is 0 Å². The van der Waals surface area contributed by atoms with Crippen LogP contribution in [0.15, 0.2) is 52.4 Å². The van der Waals surface area contributed by atoms with Gasteiger partial charge in [-0.2, -0.15) is 5.10 Å². The van der Waals surface area contributed by atoms with E-state index in [4.69, 9.17) is 4.74 Å². The molecule has 2 N–H and O–H groups in total. The Morgan fingerprint density at radius 2 is 2.08 bits per heavy atom. The molecule has 0 fully saturated rings. The summed E-state index contributed by atoms with van der Waals surface area (Å²) in [5.41, 5.74) is 4.38. The van der Waals surface area contributed by atoms with E-state index in [0.717, 1.165) is 0 Å².